The molecule has 1 aromatic carbocycles. The van der Waals surface area contributed by atoms with Gasteiger partial charge in [0.25, 0.3) is 0 Å². The second-order valence-electron chi connectivity index (χ2n) is 6.09. The number of aromatic nitrogens is 2. The van der Waals surface area contributed by atoms with E-state index in [0.29, 0.717) is 18.8 Å². The van der Waals surface area contributed by atoms with E-state index in [4.69, 9.17) is 5.73 Å². The highest BCUT2D eigenvalue weighted by Crippen LogP contribution is 2.18. The first kappa shape index (κ1) is 16.3. The number of carbonyl (C=O) groups is 1. The number of rotatable bonds is 3. The molecule has 1 aliphatic heterocycles. The van der Waals surface area contributed by atoms with Crippen molar-refractivity contribution in [2.45, 2.75) is 20.4 Å². The van der Waals surface area contributed by atoms with Crippen LogP contribution in [0.3, 0.4) is 0 Å². The number of carbonyl (C=O) groups excluding carboxylic acids is 1. The molecule has 0 spiro atoms. The van der Waals surface area contributed by atoms with Crippen LogP contribution in [-0.2, 0) is 11.3 Å². The van der Waals surface area contributed by atoms with Gasteiger partial charge in [-0.25, -0.2) is 4.39 Å². The van der Waals surface area contributed by atoms with Crippen LogP contribution in [0, 0.1) is 19.7 Å². The Morgan fingerprint density at radius 3 is 2.33 bits per heavy atom. The summed E-state index contributed by atoms with van der Waals surface area (Å²) in [6, 6.07) is 6.46. The molecule has 1 saturated heterocycles. The monoisotopic (exact) mass is 331 g/mol. The SMILES string of the molecule is Cc1nn(CC(=O)N2CCN(c3ccc(F)cc3)CC2)c(C)c1N. The van der Waals surface area contributed by atoms with Gasteiger partial charge in [-0.1, -0.05) is 0 Å². The zero-order valence-electron chi connectivity index (χ0n) is 14.0. The van der Waals surface area contributed by atoms with E-state index in [1.54, 1.807) is 16.8 Å². The molecule has 0 saturated carbocycles. The minimum Gasteiger partial charge on any atom is -0.396 e. The number of piperazine rings is 1. The quantitative estimate of drug-likeness (QED) is 0.927. The second-order valence-corrected chi connectivity index (χ2v) is 6.09. The van der Waals surface area contributed by atoms with Crippen molar-refractivity contribution in [1.29, 1.82) is 0 Å². The molecule has 0 atom stereocenters. The van der Waals surface area contributed by atoms with Crippen LogP contribution in [0.2, 0.25) is 0 Å². The van der Waals surface area contributed by atoms with Crippen LogP contribution in [0.1, 0.15) is 11.4 Å². The third kappa shape index (κ3) is 3.20. The highest BCUT2D eigenvalue weighted by molar-refractivity contribution is 5.76. The van der Waals surface area contributed by atoms with Crippen LogP contribution in [0.25, 0.3) is 0 Å². The molecule has 3 rings (SSSR count). The number of hydrogen-bond acceptors (Lipinski definition) is 4. The van der Waals surface area contributed by atoms with Gasteiger partial charge in [0.05, 0.1) is 17.1 Å². The molecule has 7 heteroatoms. The van der Waals surface area contributed by atoms with Gasteiger partial charge in [0.1, 0.15) is 12.4 Å². The molecule has 1 fully saturated rings. The van der Waals surface area contributed by atoms with Gasteiger partial charge in [0.2, 0.25) is 5.91 Å². The maximum atomic E-state index is 13.0. The van der Waals surface area contributed by atoms with Crippen molar-refractivity contribution in [3.8, 4) is 0 Å². The van der Waals surface area contributed by atoms with E-state index in [2.05, 4.69) is 10.00 Å². The first-order valence-electron chi connectivity index (χ1n) is 8.03. The van der Waals surface area contributed by atoms with E-state index >= 15 is 0 Å². The Bertz CT molecular complexity index is 732. The molecule has 24 heavy (non-hydrogen) atoms. The normalized spacial score (nSPS) is 15.0. The van der Waals surface area contributed by atoms with Gasteiger partial charge >= 0.3 is 0 Å². The van der Waals surface area contributed by atoms with Crippen LogP contribution in [0.15, 0.2) is 24.3 Å². The van der Waals surface area contributed by atoms with Crippen LogP contribution in [-0.4, -0.2) is 46.8 Å². The fourth-order valence-corrected chi connectivity index (χ4v) is 2.96. The summed E-state index contributed by atoms with van der Waals surface area (Å²) in [5.41, 5.74) is 9.11. The predicted molar refractivity (Wildman–Crippen MR) is 91.3 cm³/mol. The molecule has 0 unspecified atom stereocenters. The number of aryl methyl sites for hydroxylation is 1. The van der Waals surface area contributed by atoms with E-state index in [1.165, 1.54) is 12.1 Å². The zero-order valence-corrected chi connectivity index (χ0v) is 14.0. The Hall–Kier alpha value is -2.57. The minimum absolute atomic E-state index is 0.0411. The van der Waals surface area contributed by atoms with Crippen LogP contribution in [0.4, 0.5) is 15.8 Å². The largest absolute Gasteiger partial charge is 0.396 e. The summed E-state index contributed by atoms with van der Waals surface area (Å²) in [5.74, 6) is -0.198. The van der Waals surface area contributed by atoms with Crippen molar-refractivity contribution >= 4 is 17.3 Å². The van der Waals surface area contributed by atoms with Crippen molar-refractivity contribution in [3.63, 3.8) is 0 Å². The van der Waals surface area contributed by atoms with E-state index in [0.717, 1.165) is 30.2 Å². The van der Waals surface area contributed by atoms with Gasteiger partial charge in [-0.3, -0.25) is 9.48 Å². The molecule has 2 aromatic rings. The number of nitrogens with zero attached hydrogens (tertiary/aromatic N) is 4. The van der Waals surface area contributed by atoms with Crippen molar-refractivity contribution in [3.05, 3.63) is 41.5 Å². The smallest absolute Gasteiger partial charge is 0.244 e. The Kier molecular flexibility index (Phi) is 4.42. The van der Waals surface area contributed by atoms with Gasteiger partial charge < -0.3 is 15.5 Å². The second kappa shape index (κ2) is 6.51. The van der Waals surface area contributed by atoms with E-state index < -0.39 is 0 Å². The summed E-state index contributed by atoms with van der Waals surface area (Å²) < 4.78 is 14.7. The van der Waals surface area contributed by atoms with Gasteiger partial charge in [-0.15, -0.1) is 0 Å². The molecule has 1 aliphatic rings. The number of amides is 1. The molecular weight excluding hydrogens is 309 g/mol. The van der Waals surface area contributed by atoms with Crippen LogP contribution in [0.5, 0.6) is 0 Å². The highest BCUT2D eigenvalue weighted by Gasteiger charge is 2.22. The Morgan fingerprint density at radius 1 is 1.17 bits per heavy atom. The third-order valence-electron chi connectivity index (χ3n) is 4.55. The van der Waals surface area contributed by atoms with Crippen molar-refractivity contribution in [1.82, 2.24) is 14.7 Å². The first-order chi connectivity index (χ1) is 11.5. The highest BCUT2D eigenvalue weighted by atomic mass is 19.1. The molecule has 6 nitrogen and oxygen atoms in total. The van der Waals surface area contributed by atoms with Crippen molar-refractivity contribution in [2.24, 2.45) is 0 Å². The molecule has 0 bridgehead atoms. The topological polar surface area (TPSA) is 67.4 Å². The van der Waals surface area contributed by atoms with Gasteiger partial charge in [0, 0.05) is 31.9 Å². The Labute approximate surface area is 140 Å². The lowest BCUT2D eigenvalue weighted by Gasteiger charge is -2.36. The van der Waals surface area contributed by atoms with Crippen molar-refractivity contribution in [2.75, 3.05) is 36.8 Å². The molecule has 1 amide bonds. The number of halogens is 1. The fraction of sp³-hybridized carbons (Fsp3) is 0.412. The maximum absolute atomic E-state index is 13.0. The number of hydrogen-bond donors (Lipinski definition) is 1. The number of anilines is 2. The Balaban J connectivity index is 1.59. The van der Waals surface area contributed by atoms with Gasteiger partial charge in [-0.2, -0.15) is 5.10 Å². The third-order valence-corrected chi connectivity index (χ3v) is 4.55. The molecule has 0 radical (unpaired) electrons. The van der Waals surface area contributed by atoms with Crippen molar-refractivity contribution < 1.29 is 9.18 Å². The molecular formula is C17H22FN5O. The summed E-state index contributed by atoms with van der Waals surface area (Å²) in [4.78, 5) is 16.5. The number of nitrogen functional groups attached to an aromatic ring is 1. The molecule has 2 N–H and O–H groups in total. The van der Waals surface area contributed by atoms with Gasteiger partial charge in [0.15, 0.2) is 0 Å². The van der Waals surface area contributed by atoms with Crippen LogP contribution < -0.4 is 10.6 Å². The number of benzene rings is 1. The van der Waals surface area contributed by atoms with E-state index in [-0.39, 0.29) is 18.3 Å². The summed E-state index contributed by atoms with van der Waals surface area (Å²) in [7, 11) is 0. The number of nitrogens with two attached hydrogens (primary N) is 1. The molecule has 1 aromatic heterocycles. The summed E-state index contributed by atoms with van der Waals surface area (Å²) >= 11 is 0. The minimum atomic E-state index is -0.239. The average Bonchev–Trinajstić information content (AvgIpc) is 2.83. The summed E-state index contributed by atoms with van der Waals surface area (Å²) in [6.45, 7) is 6.67. The summed E-state index contributed by atoms with van der Waals surface area (Å²) in [5, 5.41) is 4.31. The lowest BCUT2D eigenvalue weighted by atomic mass is 10.2. The molecule has 0 aliphatic carbocycles. The van der Waals surface area contributed by atoms with Gasteiger partial charge in [-0.05, 0) is 38.1 Å². The molecule has 128 valence electrons. The van der Waals surface area contributed by atoms with E-state index in [9.17, 15) is 9.18 Å². The predicted octanol–water partition coefficient (Wildman–Crippen LogP) is 1.57. The van der Waals surface area contributed by atoms with Crippen LogP contribution >= 0.6 is 0 Å². The maximum Gasteiger partial charge on any atom is 0.244 e. The van der Waals surface area contributed by atoms with E-state index in [1.807, 2.05) is 18.7 Å². The average molecular weight is 331 g/mol. The Morgan fingerprint density at radius 2 is 1.79 bits per heavy atom. The fourth-order valence-electron chi connectivity index (χ4n) is 2.96. The summed E-state index contributed by atoms with van der Waals surface area (Å²) in [6.07, 6.45) is 0. The lowest BCUT2D eigenvalue weighted by Crippen LogP contribution is -2.49. The molecule has 2 heterocycles. The first-order valence-corrected chi connectivity index (χ1v) is 8.03. The standard InChI is InChI=1S/C17H22FN5O/c1-12-17(19)13(2)23(20-12)11-16(24)22-9-7-21(8-10-22)15-5-3-14(18)4-6-15/h3-6H,7-11,19H2,1-2H3. The zero-order chi connectivity index (χ0) is 17.3. The lowest BCUT2D eigenvalue weighted by molar-refractivity contribution is -0.132.